The fraction of sp³-hybridized carbons (Fsp3) is 0.760. The van der Waals surface area contributed by atoms with Gasteiger partial charge in [-0.25, -0.2) is 8.42 Å². The van der Waals surface area contributed by atoms with E-state index >= 15 is 0 Å². The summed E-state index contributed by atoms with van der Waals surface area (Å²) in [5, 5.41) is 0. The molecule has 0 bridgehead atoms. The second-order valence-corrected chi connectivity index (χ2v) is 12.5. The first-order chi connectivity index (χ1) is 14.5. The number of hydrogen-bond acceptors (Lipinski definition) is 5. The number of fused-ring (bicyclic) bond motifs is 3. The number of aryl methyl sites for hydroxylation is 1. The van der Waals surface area contributed by atoms with Gasteiger partial charge in [0.15, 0.2) is 0 Å². The van der Waals surface area contributed by atoms with E-state index < -0.39 is 10.4 Å². The molecule has 32 heavy (non-hydrogen) atoms. The predicted octanol–water partition coefficient (Wildman–Crippen LogP) is 3.24. The van der Waals surface area contributed by atoms with Gasteiger partial charge in [0.1, 0.15) is 6.26 Å². The van der Waals surface area contributed by atoms with Crippen molar-refractivity contribution in [2.24, 2.45) is 34.0 Å². The molecule has 1 aromatic rings. The first-order valence-corrected chi connectivity index (χ1v) is 13.1. The molecular weight excluding hydrogens is 435 g/mol. The molecule has 0 spiro atoms. The van der Waals surface area contributed by atoms with Crippen molar-refractivity contribution in [3.8, 4) is 0 Å². The minimum atomic E-state index is -4.74. The molecule has 5 atom stereocenters. The minimum Gasteiger partial charge on any atom is -0.716 e. The minimum absolute atomic E-state index is 0. The van der Waals surface area contributed by atoms with Gasteiger partial charge in [0.25, 0.3) is 10.4 Å². The van der Waals surface area contributed by atoms with Crippen molar-refractivity contribution in [1.82, 2.24) is 0 Å². The van der Waals surface area contributed by atoms with E-state index in [-0.39, 0.29) is 40.9 Å². The summed E-state index contributed by atoms with van der Waals surface area (Å²) in [5.41, 5.74) is 2.89. The Bertz CT molecular complexity index is 922. The van der Waals surface area contributed by atoms with Crippen LogP contribution in [0.15, 0.2) is 34.8 Å². The van der Waals surface area contributed by atoms with Gasteiger partial charge in [0.05, 0.1) is 12.5 Å². The summed E-state index contributed by atoms with van der Waals surface area (Å²) in [6.45, 7) is 9.85. The monoisotopic (exact) mass is 472 g/mol. The zero-order valence-corrected chi connectivity index (χ0v) is 23.2. The Kier molecular flexibility index (Phi) is 7.74. The van der Waals surface area contributed by atoms with E-state index in [1.807, 2.05) is 6.07 Å². The van der Waals surface area contributed by atoms with E-state index in [4.69, 9.17) is 4.42 Å². The Balaban J connectivity index is 0.00000289. The van der Waals surface area contributed by atoms with Gasteiger partial charge >= 0.3 is 29.6 Å². The summed E-state index contributed by atoms with van der Waals surface area (Å²) in [6, 6.07) is 1.99. The molecule has 0 N–H and O–H groups in total. The summed E-state index contributed by atoms with van der Waals surface area (Å²) in [4.78, 5) is 0. The van der Waals surface area contributed by atoms with Crippen molar-refractivity contribution in [3.05, 3.63) is 36.0 Å². The summed E-state index contributed by atoms with van der Waals surface area (Å²) < 4.78 is 43.4. The topological polar surface area (TPSA) is 79.6 Å². The fourth-order valence-corrected chi connectivity index (χ4v) is 8.44. The predicted molar refractivity (Wildman–Crippen MR) is 119 cm³/mol. The van der Waals surface area contributed by atoms with E-state index in [1.54, 1.807) is 12.5 Å². The van der Waals surface area contributed by atoms with Crippen LogP contribution in [0, 0.1) is 34.0 Å². The van der Waals surface area contributed by atoms with Crippen LogP contribution in [-0.2, 0) is 21.0 Å². The van der Waals surface area contributed by atoms with Crippen LogP contribution >= 0.6 is 0 Å². The van der Waals surface area contributed by atoms with E-state index in [0.717, 1.165) is 49.2 Å². The van der Waals surface area contributed by atoms with Crippen LogP contribution in [-0.4, -0.2) is 13.0 Å². The average molecular weight is 473 g/mol. The molecule has 3 aliphatic carbocycles. The molecule has 0 aromatic carbocycles. The largest absolute Gasteiger partial charge is 1.00 e. The van der Waals surface area contributed by atoms with Gasteiger partial charge in [-0.2, -0.15) is 0 Å². The molecule has 174 valence electrons. The quantitative estimate of drug-likeness (QED) is 0.285. The molecule has 3 fully saturated rings. The van der Waals surface area contributed by atoms with Crippen LogP contribution in [0.2, 0.25) is 0 Å². The third kappa shape index (κ3) is 4.91. The van der Waals surface area contributed by atoms with Crippen LogP contribution < -0.4 is 29.6 Å². The van der Waals surface area contributed by atoms with Crippen molar-refractivity contribution >= 4 is 10.4 Å². The molecule has 5 nitrogen and oxygen atoms in total. The van der Waals surface area contributed by atoms with Gasteiger partial charge in [-0.1, -0.05) is 34.1 Å². The van der Waals surface area contributed by atoms with Gasteiger partial charge in [-0.3, -0.25) is 0 Å². The molecule has 3 aliphatic rings. The number of allylic oxidation sites excluding steroid dienone is 1. The molecule has 3 saturated carbocycles. The van der Waals surface area contributed by atoms with Gasteiger partial charge in [-0.05, 0) is 103 Å². The zero-order valence-electron chi connectivity index (χ0n) is 20.4. The summed E-state index contributed by atoms with van der Waals surface area (Å²) >= 11 is 0. The zero-order chi connectivity index (χ0) is 22.5. The van der Waals surface area contributed by atoms with Crippen molar-refractivity contribution < 1.29 is 51.1 Å². The molecule has 0 aliphatic heterocycles. The maximum absolute atomic E-state index is 11.2. The Morgan fingerprint density at radius 1 is 1.12 bits per heavy atom. The molecular formula is C25H37NaO5S. The van der Waals surface area contributed by atoms with Crippen LogP contribution in [0.25, 0.3) is 0 Å². The molecule has 0 saturated heterocycles. The number of hydrogen-bond donors (Lipinski definition) is 0. The van der Waals surface area contributed by atoms with Gasteiger partial charge in [-0.15, -0.1) is 0 Å². The van der Waals surface area contributed by atoms with E-state index in [0.29, 0.717) is 16.7 Å². The molecule has 0 unspecified atom stereocenters. The normalized spacial score (nSPS) is 37.8. The van der Waals surface area contributed by atoms with Crippen LogP contribution in [0.5, 0.6) is 0 Å². The maximum Gasteiger partial charge on any atom is 1.00 e. The van der Waals surface area contributed by atoms with Crippen molar-refractivity contribution in [3.63, 3.8) is 0 Å². The molecule has 1 aromatic heterocycles. The number of furan rings is 1. The third-order valence-electron chi connectivity index (χ3n) is 9.42. The van der Waals surface area contributed by atoms with Crippen LogP contribution in [0.3, 0.4) is 0 Å². The standard InChI is InChI=1S/C25H38O5S.Na/c1-23(2)12-5-13-25(4)21(23)10-14-24(3)20(8-6-18-11-15-29-16-18)19(7-9-22(24)25)17-30-31(26,27)28;/h11,15-17,20-22H,5-10,12-14H2,1-4H3,(H,26,27,28);/q;+1/p-1/b19-17+;/t20-,21-,22-,24+,25-;/m0./s1. The Hall–Kier alpha value is -0.270. The molecule has 0 radical (unpaired) electrons. The number of rotatable bonds is 5. The second kappa shape index (κ2) is 9.41. The van der Waals surface area contributed by atoms with E-state index in [2.05, 4.69) is 31.9 Å². The Morgan fingerprint density at radius 2 is 1.88 bits per heavy atom. The average Bonchev–Trinajstić information content (AvgIpc) is 3.17. The van der Waals surface area contributed by atoms with Gasteiger partial charge < -0.3 is 13.2 Å². The summed E-state index contributed by atoms with van der Waals surface area (Å²) in [7, 11) is -4.74. The summed E-state index contributed by atoms with van der Waals surface area (Å²) in [6.07, 6.45) is 14.6. The van der Waals surface area contributed by atoms with Crippen molar-refractivity contribution in [1.29, 1.82) is 0 Å². The smallest absolute Gasteiger partial charge is 0.716 e. The Labute approximate surface area is 216 Å². The van der Waals surface area contributed by atoms with Crippen molar-refractivity contribution in [2.75, 3.05) is 0 Å². The van der Waals surface area contributed by atoms with E-state index in [1.165, 1.54) is 31.9 Å². The first kappa shape index (κ1) is 26.3. The fourth-order valence-electron chi connectivity index (χ4n) is 8.19. The molecule has 4 rings (SSSR count). The first-order valence-electron chi connectivity index (χ1n) is 11.8. The third-order valence-corrected chi connectivity index (χ3v) is 9.76. The molecule has 7 heteroatoms. The SMILES string of the molecule is CC1(C)CCC[C@]2(C)[C@H]3CC/C(=C\OS(=O)(=O)[O-])[C@H](CCc4ccoc4)[C@@]3(C)CC[C@@H]12.[Na+]. The Morgan fingerprint density at radius 3 is 2.53 bits per heavy atom. The van der Waals surface area contributed by atoms with Gasteiger partial charge in [0, 0.05) is 0 Å². The molecule has 1 heterocycles. The van der Waals surface area contributed by atoms with E-state index in [9.17, 15) is 13.0 Å². The molecule has 0 amide bonds. The maximum atomic E-state index is 11.2. The van der Waals surface area contributed by atoms with Crippen LogP contribution in [0.4, 0.5) is 0 Å². The van der Waals surface area contributed by atoms with Crippen molar-refractivity contribution in [2.45, 2.75) is 85.5 Å². The summed E-state index contributed by atoms with van der Waals surface area (Å²) in [5.74, 6) is 1.52. The van der Waals surface area contributed by atoms with Crippen LogP contribution in [0.1, 0.15) is 84.6 Å². The second-order valence-electron chi connectivity index (χ2n) is 11.5. The van der Waals surface area contributed by atoms with Gasteiger partial charge in [0.2, 0.25) is 0 Å².